The molecule has 0 amide bonds. The highest BCUT2D eigenvalue weighted by molar-refractivity contribution is 6.20. The molecular weight excluding hydrogens is 179 g/mol. The van der Waals surface area contributed by atoms with Crippen molar-refractivity contribution in [1.29, 1.82) is 0 Å². The van der Waals surface area contributed by atoms with Crippen LogP contribution in [0.3, 0.4) is 0 Å². The van der Waals surface area contributed by atoms with Crippen molar-refractivity contribution in [3.63, 3.8) is 0 Å². The van der Waals surface area contributed by atoms with Gasteiger partial charge in [0.15, 0.2) is 0 Å². The highest BCUT2D eigenvalue weighted by Crippen LogP contribution is 2.19. The van der Waals surface area contributed by atoms with Gasteiger partial charge < -0.3 is 0 Å². The van der Waals surface area contributed by atoms with Crippen LogP contribution in [0, 0.1) is 11.8 Å². The van der Waals surface area contributed by atoms with Gasteiger partial charge in [0.25, 0.3) is 0 Å². The fourth-order valence-corrected chi connectivity index (χ4v) is 1.89. The van der Waals surface area contributed by atoms with Crippen LogP contribution in [0.5, 0.6) is 0 Å². The number of hydrogen-bond donors (Lipinski definition) is 0. The van der Waals surface area contributed by atoms with Gasteiger partial charge in [0, 0.05) is 11.3 Å². The summed E-state index contributed by atoms with van der Waals surface area (Å²) in [6, 6.07) is 0. The van der Waals surface area contributed by atoms with Crippen molar-refractivity contribution in [2.45, 2.75) is 39.0 Å². The van der Waals surface area contributed by atoms with Crippen LogP contribution in [-0.4, -0.2) is 11.3 Å². The molecule has 0 aromatic rings. The summed E-state index contributed by atoms with van der Waals surface area (Å²) < 4.78 is 0. The minimum absolute atomic E-state index is 0.309. The Morgan fingerprint density at radius 2 is 1.64 bits per heavy atom. The van der Waals surface area contributed by atoms with E-state index in [0.717, 1.165) is 18.7 Å². The summed E-state index contributed by atoms with van der Waals surface area (Å²) in [4.78, 5) is 0. The minimum atomic E-state index is 0.309. The van der Waals surface area contributed by atoms with Crippen LogP contribution in [0.1, 0.15) is 33.6 Å². The molecule has 0 aliphatic heterocycles. The third-order valence-electron chi connectivity index (χ3n) is 1.65. The van der Waals surface area contributed by atoms with E-state index in [4.69, 9.17) is 23.2 Å². The van der Waals surface area contributed by atoms with Crippen molar-refractivity contribution in [3.8, 4) is 0 Å². The van der Waals surface area contributed by atoms with Crippen molar-refractivity contribution in [2.24, 2.45) is 11.8 Å². The Morgan fingerprint density at radius 1 is 1.09 bits per heavy atom. The number of halogens is 2. The third kappa shape index (κ3) is 6.96. The predicted molar refractivity (Wildman–Crippen MR) is 53.6 cm³/mol. The maximum atomic E-state index is 6.09. The van der Waals surface area contributed by atoms with Crippen molar-refractivity contribution in [1.82, 2.24) is 0 Å². The van der Waals surface area contributed by atoms with Crippen molar-refractivity contribution >= 4 is 23.2 Å². The van der Waals surface area contributed by atoms with Crippen LogP contribution in [0.2, 0.25) is 0 Å². The number of hydrogen-bond acceptors (Lipinski definition) is 0. The lowest BCUT2D eigenvalue weighted by Crippen LogP contribution is -2.09. The minimum Gasteiger partial charge on any atom is -0.126 e. The molecule has 68 valence electrons. The molecule has 2 heteroatoms. The van der Waals surface area contributed by atoms with Crippen LogP contribution in [0.4, 0.5) is 0 Å². The molecule has 0 heterocycles. The largest absolute Gasteiger partial charge is 0.126 e. The highest BCUT2D eigenvalue weighted by Gasteiger charge is 2.10. The van der Waals surface area contributed by atoms with Gasteiger partial charge >= 0.3 is 0 Å². The topological polar surface area (TPSA) is 0 Å². The van der Waals surface area contributed by atoms with Gasteiger partial charge in [-0.05, 0) is 24.7 Å². The molecule has 11 heavy (non-hydrogen) atoms. The Labute approximate surface area is 80.3 Å². The standard InChI is InChI=1S/C9H18Cl2/c1-7(2)4-9(11)5-8(3)6-10/h7-9H,4-6H2,1-3H3. The van der Waals surface area contributed by atoms with Gasteiger partial charge in [0.2, 0.25) is 0 Å². The van der Waals surface area contributed by atoms with Crippen LogP contribution in [0.15, 0.2) is 0 Å². The Morgan fingerprint density at radius 3 is 2.00 bits per heavy atom. The molecule has 2 unspecified atom stereocenters. The lowest BCUT2D eigenvalue weighted by atomic mass is 10.0. The van der Waals surface area contributed by atoms with Crippen LogP contribution < -0.4 is 0 Å². The lowest BCUT2D eigenvalue weighted by molar-refractivity contribution is 0.489. The summed E-state index contributed by atoms with van der Waals surface area (Å²) >= 11 is 11.8. The maximum Gasteiger partial charge on any atom is 0.0341 e. The second kappa shape index (κ2) is 6.14. The van der Waals surface area contributed by atoms with Crippen LogP contribution in [0.25, 0.3) is 0 Å². The zero-order valence-electron chi connectivity index (χ0n) is 7.61. The van der Waals surface area contributed by atoms with Crippen LogP contribution >= 0.6 is 23.2 Å². The average molecular weight is 197 g/mol. The van der Waals surface area contributed by atoms with E-state index < -0.39 is 0 Å². The number of alkyl halides is 2. The monoisotopic (exact) mass is 196 g/mol. The zero-order valence-corrected chi connectivity index (χ0v) is 9.12. The number of rotatable bonds is 5. The van der Waals surface area contributed by atoms with E-state index in [1.165, 1.54) is 0 Å². The third-order valence-corrected chi connectivity index (χ3v) is 2.53. The first-order valence-corrected chi connectivity index (χ1v) is 5.23. The van der Waals surface area contributed by atoms with E-state index in [-0.39, 0.29) is 0 Å². The molecule has 0 bridgehead atoms. The molecule has 0 aliphatic carbocycles. The molecule has 0 aromatic heterocycles. The van der Waals surface area contributed by atoms with Gasteiger partial charge in [-0.3, -0.25) is 0 Å². The van der Waals surface area contributed by atoms with E-state index in [2.05, 4.69) is 20.8 Å². The quantitative estimate of drug-likeness (QED) is 0.586. The van der Waals surface area contributed by atoms with E-state index in [0.29, 0.717) is 17.2 Å². The van der Waals surface area contributed by atoms with Crippen molar-refractivity contribution < 1.29 is 0 Å². The van der Waals surface area contributed by atoms with Crippen LogP contribution in [-0.2, 0) is 0 Å². The van der Waals surface area contributed by atoms with E-state index in [9.17, 15) is 0 Å². The summed E-state index contributed by atoms with van der Waals surface area (Å²) in [5.41, 5.74) is 0. The Kier molecular flexibility index (Phi) is 6.46. The maximum absolute atomic E-state index is 6.09. The molecule has 0 aromatic carbocycles. The summed E-state index contributed by atoms with van der Waals surface area (Å²) in [7, 11) is 0. The molecule has 0 radical (unpaired) electrons. The highest BCUT2D eigenvalue weighted by atomic mass is 35.5. The van der Waals surface area contributed by atoms with Crippen molar-refractivity contribution in [2.75, 3.05) is 5.88 Å². The molecule has 2 atom stereocenters. The zero-order chi connectivity index (χ0) is 8.85. The first-order chi connectivity index (χ1) is 5.06. The Hall–Kier alpha value is 0.580. The molecule has 0 saturated carbocycles. The lowest BCUT2D eigenvalue weighted by Gasteiger charge is -2.14. The van der Waals surface area contributed by atoms with Gasteiger partial charge in [-0.2, -0.15) is 0 Å². The molecule has 0 N–H and O–H groups in total. The predicted octanol–water partition coefficient (Wildman–Crippen LogP) is 3.90. The average Bonchev–Trinajstić information content (AvgIpc) is 1.85. The van der Waals surface area contributed by atoms with E-state index in [1.54, 1.807) is 0 Å². The molecule has 0 saturated heterocycles. The second-order valence-corrected chi connectivity index (χ2v) is 4.65. The van der Waals surface area contributed by atoms with Gasteiger partial charge in [-0.1, -0.05) is 20.8 Å². The molecular formula is C9H18Cl2. The molecule has 0 fully saturated rings. The van der Waals surface area contributed by atoms with E-state index in [1.807, 2.05) is 0 Å². The Balaban J connectivity index is 3.43. The van der Waals surface area contributed by atoms with E-state index >= 15 is 0 Å². The summed E-state index contributed by atoms with van der Waals surface area (Å²) in [6.45, 7) is 6.53. The summed E-state index contributed by atoms with van der Waals surface area (Å²) in [6.07, 6.45) is 2.14. The SMILES string of the molecule is CC(C)CC(Cl)CC(C)CCl. The molecule has 0 rings (SSSR count). The first-order valence-electron chi connectivity index (χ1n) is 4.26. The molecule has 0 nitrogen and oxygen atoms in total. The first kappa shape index (κ1) is 11.6. The van der Waals surface area contributed by atoms with Gasteiger partial charge in [0.1, 0.15) is 0 Å². The molecule has 0 spiro atoms. The Bertz CT molecular complexity index is 91.6. The fraction of sp³-hybridized carbons (Fsp3) is 1.00. The summed E-state index contributed by atoms with van der Waals surface area (Å²) in [5.74, 6) is 1.97. The van der Waals surface area contributed by atoms with Gasteiger partial charge in [-0.25, -0.2) is 0 Å². The summed E-state index contributed by atoms with van der Waals surface area (Å²) in [5, 5.41) is 0.309. The second-order valence-electron chi connectivity index (χ2n) is 3.72. The van der Waals surface area contributed by atoms with Gasteiger partial charge in [-0.15, -0.1) is 23.2 Å². The smallest absolute Gasteiger partial charge is 0.0341 e. The normalized spacial score (nSPS) is 16.9. The van der Waals surface area contributed by atoms with Crippen molar-refractivity contribution in [3.05, 3.63) is 0 Å². The molecule has 0 aliphatic rings. The fourth-order valence-electron chi connectivity index (χ4n) is 1.11. The van der Waals surface area contributed by atoms with Gasteiger partial charge in [0.05, 0.1) is 0 Å².